The fraction of sp³-hybridized carbons (Fsp3) is 0.591. The lowest BCUT2D eigenvalue weighted by Crippen LogP contribution is -2.46. The topological polar surface area (TPSA) is 96.6 Å². The van der Waals surface area contributed by atoms with E-state index in [1.807, 2.05) is 36.9 Å². The third-order valence-corrected chi connectivity index (χ3v) is 5.80. The van der Waals surface area contributed by atoms with Crippen molar-refractivity contribution in [3.05, 3.63) is 34.7 Å². The zero-order chi connectivity index (χ0) is 22.1. The molecule has 1 aromatic carbocycles. The maximum Gasteiger partial charge on any atom is 0.337 e. The number of carbonyl (C=O) groups is 2. The van der Waals surface area contributed by atoms with Crippen molar-refractivity contribution in [3.8, 4) is 0 Å². The monoisotopic (exact) mass is 416 g/mol. The highest BCUT2D eigenvalue weighted by Gasteiger charge is 2.28. The largest absolute Gasteiger partial charge is 0.383 e. The number of amides is 1. The number of hydrogen-bond acceptors (Lipinski definition) is 5. The third kappa shape index (κ3) is 4.65. The van der Waals surface area contributed by atoms with Crippen molar-refractivity contribution in [1.29, 1.82) is 0 Å². The molecule has 0 spiro atoms. The maximum absolute atomic E-state index is 12.9. The van der Waals surface area contributed by atoms with Crippen LogP contribution in [0.3, 0.4) is 0 Å². The summed E-state index contributed by atoms with van der Waals surface area (Å²) in [5, 5.41) is 12.7. The predicted molar refractivity (Wildman–Crippen MR) is 116 cm³/mol. The Bertz CT molecular complexity index is 975. The zero-order valence-corrected chi connectivity index (χ0v) is 18.2. The lowest BCUT2D eigenvalue weighted by molar-refractivity contribution is -0.135. The summed E-state index contributed by atoms with van der Waals surface area (Å²) in [6, 6.07) is 6.86. The van der Waals surface area contributed by atoms with Gasteiger partial charge < -0.3 is 10.4 Å². The molecule has 1 saturated heterocycles. The number of benzene rings is 1. The smallest absolute Gasteiger partial charge is 0.337 e. The van der Waals surface area contributed by atoms with E-state index in [1.165, 1.54) is 18.4 Å². The Balaban J connectivity index is 1.61. The number of aliphatic hydroxyl groups is 1. The summed E-state index contributed by atoms with van der Waals surface area (Å²) in [5.41, 5.74) is -0.289. The van der Waals surface area contributed by atoms with Crippen LogP contribution in [0.15, 0.2) is 29.1 Å². The summed E-state index contributed by atoms with van der Waals surface area (Å²) >= 11 is 0. The van der Waals surface area contributed by atoms with Crippen LogP contribution in [0.25, 0.3) is 11.0 Å². The number of Topliss-reactive ketones (excluding diaryl/α,β-unsaturated/α-hetero) is 1. The Labute approximate surface area is 176 Å². The van der Waals surface area contributed by atoms with Gasteiger partial charge in [-0.25, -0.2) is 14.2 Å². The van der Waals surface area contributed by atoms with Crippen molar-refractivity contribution in [1.82, 2.24) is 19.4 Å². The van der Waals surface area contributed by atoms with Crippen LogP contribution in [0.5, 0.6) is 0 Å². The molecule has 0 saturated carbocycles. The van der Waals surface area contributed by atoms with E-state index in [1.54, 1.807) is 10.6 Å². The average Bonchev–Trinajstić information content (AvgIpc) is 2.98. The second-order valence-electron chi connectivity index (χ2n) is 8.96. The van der Waals surface area contributed by atoms with Crippen LogP contribution >= 0.6 is 0 Å². The second kappa shape index (κ2) is 8.73. The highest BCUT2D eigenvalue weighted by atomic mass is 16.3. The number of nitrogens with one attached hydrogen (secondary N) is 1. The van der Waals surface area contributed by atoms with E-state index in [-0.39, 0.29) is 30.0 Å². The normalized spacial score (nSPS) is 16.3. The van der Waals surface area contributed by atoms with Gasteiger partial charge in [-0.3, -0.25) is 14.3 Å². The summed E-state index contributed by atoms with van der Waals surface area (Å²) in [4.78, 5) is 39.7. The molecule has 2 N–H and O–H groups in total. The first-order valence-electron chi connectivity index (χ1n) is 10.6. The number of likely N-dealkylation sites (tertiary alicyclic amines) is 1. The summed E-state index contributed by atoms with van der Waals surface area (Å²) in [5.74, 6) is 0.103. The molecule has 0 aliphatic carbocycles. The van der Waals surface area contributed by atoms with Crippen LogP contribution < -0.4 is 11.0 Å². The molecule has 1 amide bonds. The molecule has 8 heteroatoms. The number of rotatable bonds is 6. The van der Waals surface area contributed by atoms with E-state index in [2.05, 4.69) is 5.32 Å². The van der Waals surface area contributed by atoms with Crippen LogP contribution in [-0.4, -0.2) is 62.7 Å². The average molecular weight is 417 g/mol. The van der Waals surface area contributed by atoms with Crippen LogP contribution in [0, 0.1) is 5.92 Å². The molecule has 164 valence electrons. The minimum Gasteiger partial charge on any atom is -0.383 e. The summed E-state index contributed by atoms with van der Waals surface area (Å²) in [6.07, 6.45) is 1.70. The Kier molecular flexibility index (Phi) is 6.47. The van der Waals surface area contributed by atoms with Gasteiger partial charge in [-0.15, -0.1) is 0 Å². The molecule has 0 unspecified atom stereocenters. The molecule has 1 aromatic heterocycles. The van der Waals surface area contributed by atoms with Gasteiger partial charge in [0.25, 0.3) is 0 Å². The Morgan fingerprint density at radius 2 is 1.77 bits per heavy atom. The van der Waals surface area contributed by atoms with Crippen molar-refractivity contribution in [2.24, 2.45) is 5.92 Å². The van der Waals surface area contributed by atoms with Crippen molar-refractivity contribution in [3.63, 3.8) is 0 Å². The molecule has 8 nitrogen and oxygen atoms in total. The highest BCUT2D eigenvalue weighted by molar-refractivity contribution is 5.89. The quantitative estimate of drug-likeness (QED) is 0.751. The van der Waals surface area contributed by atoms with E-state index in [0.717, 1.165) is 31.4 Å². The molecule has 1 aliphatic heterocycles. The van der Waals surface area contributed by atoms with Crippen molar-refractivity contribution < 1.29 is 14.7 Å². The molecule has 1 fully saturated rings. The number of piperidine rings is 1. The van der Waals surface area contributed by atoms with E-state index in [0.29, 0.717) is 12.1 Å². The van der Waals surface area contributed by atoms with Gasteiger partial charge in [0.15, 0.2) is 5.78 Å². The van der Waals surface area contributed by atoms with Gasteiger partial charge >= 0.3 is 11.7 Å². The maximum atomic E-state index is 12.9. The fourth-order valence-electron chi connectivity index (χ4n) is 3.92. The van der Waals surface area contributed by atoms with Crippen molar-refractivity contribution in [2.45, 2.75) is 52.2 Å². The van der Waals surface area contributed by atoms with Crippen molar-refractivity contribution in [2.75, 3.05) is 26.2 Å². The highest BCUT2D eigenvalue weighted by Crippen LogP contribution is 2.19. The molecule has 30 heavy (non-hydrogen) atoms. The van der Waals surface area contributed by atoms with Crippen LogP contribution in [-0.2, 0) is 4.79 Å². The Morgan fingerprint density at radius 1 is 1.17 bits per heavy atom. The SMILES string of the molecule is CC(C)n1c(=O)n(C(=O)NCC2CCN(CC(=O)C(C)(C)O)CC2)c2ccccc21. The minimum absolute atomic E-state index is 0.0487. The molecular weight excluding hydrogens is 384 g/mol. The number of carbonyl (C=O) groups excluding carboxylic acids is 2. The summed E-state index contributed by atoms with van der Waals surface area (Å²) in [6.45, 7) is 9.08. The molecule has 3 rings (SSSR count). The van der Waals surface area contributed by atoms with E-state index in [9.17, 15) is 19.5 Å². The second-order valence-corrected chi connectivity index (χ2v) is 8.96. The fourth-order valence-corrected chi connectivity index (χ4v) is 3.92. The number of hydrogen-bond donors (Lipinski definition) is 2. The van der Waals surface area contributed by atoms with Gasteiger partial charge in [0.1, 0.15) is 5.60 Å². The molecule has 0 atom stereocenters. The predicted octanol–water partition coefficient (Wildman–Crippen LogP) is 1.99. The summed E-state index contributed by atoms with van der Waals surface area (Å²) in [7, 11) is 0. The van der Waals surface area contributed by atoms with Gasteiger partial charge in [0.05, 0.1) is 17.6 Å². The van der Waals surface area contributed by atoms with Gasteiger partial charge in [0.2, 0.25) is 0 Å². The van der Waals surface area contributed by atoms with Gasteiger partial charge in [-0.1, -0.05) is 12.1 Å². The Morgan fingerprint density at radius 3 is 2.33 bits per heavy atom. The number of imidazole rings is 1. The molecule has 2 aromatic rings. The number of fused-ring (bicyclic) bond motifs is 1. The van der Waals surface area contributed by atoms with Crippen LogP contribution in [0.1, 0.15) is 46.6 Å². The van der Waals surface area contributed by atoms with Crippen molar-refractivity contribution >= 4 is 22.8 Å². The van der Waals surface area contributed by atoms with Gasteiger partial charge in [-0.2, -0.15) is 0 Å². The standard InChI is InChI=1S/C22H32N4O4/c1-15(2)25-17-7-5-6-8-18(17)26(21(25)29)20(28)23-13-16-9-11-24(12-10-16)14-19(27)22(3,4)30/h5-8,15-16,30H,9-14H2,1-4H3,(H,23,28). The van der Waals surface area contributed by atoms with E-state index in [4.69, 9.17) is 0 Å². The van der Waals surface area contributed by atoms with E-state index >= 15 is 0 Å². The lowest BCUT2D eigenvalue weighted by Gasteiger charge is -2.32. The number of nitrogens with zero attached hydrogens (tertiary/aromatic N) is 3. The first kappa shape index (κ1) is 22.2. The van der Waals surface area contributed by atoms with Crippen LogP contribution in [0.2, 0.25) is 0 Å². The zero-order valence-electron chi connectivity index (χ0n) is 18.2. The molecule has 1 aliphatic rings. The first-order chi connectivity index (χ1) is 14.1. The molecule has 0 radical (unpaired) electrons. The van der Waals surface area contributed by atoms with E-state index < -0.39 is 11.6 Å². The Hall–Kier alpha value is -2.45. The number of ketones is 1. The third-order valence-electron chi connectivity index (χ3n) is 5.80. The minimum atomic E-state index is -1.31. The number of para-hydroxylation sites is 2. The molecule has 0 bridgehead atoms. The van der Waals surface area contributed by atoms with Gasteiger partial charge in [0, 0.05) is 12.6 Å². The molecular formula is C22H32N4O4. The summed E-state index contributed by atoms with van der Waals surface area (Å²) < 4.78 is 2.85. The number of aromatic nitrogens is 2. The first-order valence-corrected chi connectivity index (χ1v) is 10.6. The van der Waals surface area contributed by atoms with Crippen LogP contribution in [0.4, 0.5) is 4.79 Å². The lowest BCUT2D eigenvalue weighted by atomic mass is 9.95. The van der Waals surface area contributed by atoms with Gasteiger partial charge in [-0.05, 0) is 71.7 Å². The molecule has 2 heterocycles.